The van der Waals surface area contributed by atoms with Gasteiger partial charge in [0.25, 0.3) is 5.91 Å². The van der Waals surface area contributed by atoms with Crippen molar-refractivity contribution in [2.75, 3.05) is 5.32 Å². The van der Waals surface area contributed by atoms with E-state index in [0.717, 1.165) is 11.3 Å². The van der Waals surface area contributed by atoms with Gasteiger partial charge in [-0.05, 0) is 25.1 Å². The van der Waals surface area contributed by atoms with E-state index < -0.39 is 0 Å². The topological polar surface area (TPSA) is 70.7 Å². The lowest BCUT2D eigenvalue weighted by molar-refractivity contribution is 0.102. The average Bonchev–Trinajstić information content (AvgIpc) is 3.04. The van der Waals surface area contributed by atoms with Gasteiger partial charge < -0.3 is 10.3 Å². The minimum atomic E-state index is -0.187. The number of benzene rings is 1. The van der Waals surface area contributed by atoms with Gasteiger partial charge in [0.05, 0.1) is 17.4 Å². The summed E-state index contributed by atoms with van der Waals surface area (Å²) in [6, 6.07) is 11.0. The molecule has 0 saturated heterocycles. The summed E-state index contributed by atoms with van der Waals surface area (Å²) < 4.78 is 0. The maximum Gasteiger partial charge on any atom is 0.256 e. The normalized spacial score (nSPS) is 10.3. The highest BCUT2D eigenvalue weighted by atomic mass is 16.1. The van der Waals surface area contributed by atoms with Crippen LogP contribution >= 0.6 is 0 Å². The standard InChI is InChI=1S/C16H14N4O/c1-11-6-7-12(10-19-11)20-16(21)14-5-3-2-4-13(14)15-17-8-9-18-15/h2-10H,1H3,(H,17,18)(H,20,21). The van der Waals surface area contributed by atoms with Crippen LogP contribution in [-0.2, 0) is 0 Å². The van der Waals surface area contributed by atoms with Crippen molar-refractivity contribution >= 4 is 11.6 Å². The molecule has 0 aliphatic rings. The van der Waals surface area contributed by atoms with Crippen molar-refractivity contribution < 1.29 is 4.79 Å². The highest BCUT2D eigenvalue weighted by Crippen LogP contribution is 2.21. The molecule has 3 aromatic rings. The van der Waals surface area contributed by atoms with Crippen LogP contribution in [0.3, 0.4) is 0 Å². The van der Waals surface area contributed by atoms with Gasteiger partial charge in [-0.2, -0.15) is 0 Å². The molecule has 0 aliphatic carbocycles. The first-order valence-electron chi connectivity index (χ1n) is 6.57. The number of nitrogens with one attached hydrogen (secondary N) is 2. The van der Waals surface area contributed by atoms with Crippen LogP contribution in [0.4, 0.5) is 5.69 Å². The van der Waals surface area contributed by atoms with Crippen LogP contribution in [0.25, 0.3) is 11.4 Å². The zero-order valence-corrected chi connectivity index (χ0v) is 11.5. The summed E-state index contributed by atoms with van der Waals surface area (Å²) in [5.41, 5.74) is 2.90. The molecule has 1 amide bonds. The minimum Gasteiger partial charge on any atom is -0.345 e. The number of anilines is 1. The third-order valence-electron chi connectivity index (χ3n) is 3.09. The van der Waals surface area contributed by atoms with Crippen LogP contribution in [0.5, 0.6) is 0 Å². The molecule has 21 heavy (non-hydrogen) atoms. The Kier molecular flexibility index (Phi) is 3.47. The quantitative estimate of drug-likeness (QED) is 0.773. The fraction of sp³-hybridized carbons (Fsp3) is 0.0625. The number of imidazole rings is 1. The first kappa shape index (κ1) is 13.1. The van der Waals surface area contributed by atoms with E-state index in [1.807, 2.05) is 37.3 Å². The average molecular weight is 278 g/mol. The molecule has 2 N–H and O–H groups in total. The lowest BCUT2D eigenvalue weighted by Crippen LogP contribution is -2.13. The van der Waals surface area contributed by atoms with E-state index >= 15 is 0 Å². The molecule has 5 heteroatoms. The van der Waals surface area contributed by atoms with Gasteiger partial charge in [0.1, 0.15) is 5.82 Å². The minimum absolute atomic E-state index is 0.187. The zero-order chi connectivity index (χ0) is 14.7. The second kappa shape index (κ2) is 5.58. The number of carbonyl (C=O) groups excluding carboxylic acids is 1. The summed E-state index contributed by atoms with van der Waals surface area (Å²) in [6.45, 7) is 1.90. The maximum absolute atomic E-state index is 12.4. The summed E-state index contributed by atoms with van der Waals surface area (Å²) >= 11 is 0. The smallest absolute Gasteiger partial charge is 0.256 e. The summed E-state index contributed by atoms with van der Waals surface area (Å²) in [5, 5.41) is 2.84. The number of amides is 1. The number of hydrogen-bond acceptors (Lipinski definition) is 3. The molecule has 0 aliphatic heterocycles. The van der Waals surface area contributed by atoms with E-state index in [1.165, 1.54) is 0 Å². The SMILES string of the molecule is Cc1ccc(NC(=O)c2ccccc2-c2ncc[nH]2)cn1. The predicted octanol–water partition coefficient (Wildman–Crippen LogP) is 3.03. The van der Waals surface area contributed by atoms with Crippen molar-refractivity contribution in [3.8, 4) is 11.4 Å². The van der Waals surface area contributed by atoms with E-state index in [2.05, 4.69) is 20.3 Å². The largest absolute Gasteiger partial charge is 0.345 e. The second-order valence-corrected chi connectivity index (χ2v) is 4.63. The number of hydrogen-bond donors (Lipinski definition) is 2. The molecule has 0 bridgehead atoms. The van der Waals surface area contributed by atoms with Crippen molar-refractivity contribution in [3.05, 3.63) is 66.2 Å². The molecule has 5 nitrogen and oxygen atoms in total. The Morgan fingerprint density at radius 2 is 2.00 bits per heavy atom. The van der Waals surface area contributed by atoms with E-state index in [4.69, 9.17) is 0 Å². The molecule has 0 radical (unpaired) electrons. The van der Waals surface area contributed by atoms with Crippen LogP contribution in [-0.4, -0.2) is 20.9 Å². The number of pyridine rings is 1. The van der Waals surface area contributed by atoms with Crippen LogP contribution in [0.1, 0.15) is 16.1 Å². The van der Waals surface area contributed by atoms with Gasteiger partial charge in [0.15, 0.2) is 0 Å². The maximum atomic E-state index is 12.4. The van der Waals surface area contributed by atoms with E-state index in [-0.39, 0.29) is 5.91 Å². The Morgan fingerprint density at radius 3 is 2.71 bits per heavy atom. The number of aromatic amines is 1. The Morgan fingerprint density at radius 1 is 1.14 bits per heavy atom. The van der Waals surface area contributed by atoms with Crippen molar-refractivity contribution in [1.82, 2.24) is 15.0 Å². The highest BCUT2D eigenvalue weighted by Gasteiger charge is 2.13. The Bertz CT molecular complexity index is 748. The molecule has 0 atom stereocenters. The molecule has 0 unspecified atom stereocenters. The molecule has 0 saturated carbocycles. The van der Waals surface area contributed by atoms with Gasteiger partial charge in [-0.1, -0.05) is 18.2 Å². The Labute approximate surface area is 122 Å². The number of aromatic nitrogens is 3. The first-order valence-corrected chi connectivity index (χ1v) is 6.57. The van der Waals surface area contributed by atoms with Gasteiger partial charge >= 0.3 is 0 Å². The van der Waals surface area contributed by atoms with Crippen LogP contribution in [0, 0.1) is 6.92 Å². The van der Waals surface area contributed by atoms with Gasteiger partial charge in [0, 0.05) is 23.7 Å². The summed E-state index contributed by atoms with van der Waals surface area (Å²) in [7, 11) is 0. The Hall–Kier alpha value is -2.95. The zero-order valence-electron chi connectivity index (χ0n) is 11.5. The number of nitrogens with zero attached hydrogens (tertiary/aromatic N) is 2. The van der Waals surface area contributed by atoms with Crippen LogP contribution in [0.15, 0.2) is 55.0 Å². The summed E-state index contributed by atoms with van der Waals surface area (Å²) in [6.07, 6.45) is 5.03. The fourth-order valence-corrected chi connectivity index (χ4v) is 2.04. The molecule has 104 valence electrons. The van der Waals surface area contributed by atoms with Gasteiger partial charge in [-0.25, -0.2) is 4.98 Å². The number of H-pyrrole nitrogens is 1. The first-order chi connectivity index (χ1) is 10.2. The van der Waals surface area contributed by atoms with Crippen molar-refractivity contribution in [2.24, 2.45) is 0 Å². The van der Waals surface area contributed by atoms with Crippen LogP contribution < -0.4 is 5.32 Å². The van der Waals surface area contributed by atoms with Gasteiger partial charge in [0.2, 0.25) is 0 Å². The molecule has 1 aromatic carbocycles. The number of rotatable bonds is 3. The molecule has 2 heterocycles. The lowest BCUT2D eigenvalue weighted by Gasteiger charge is -2.08. The van der Waals surface area contributed by atoms with E-state index in [9.17, 15) is 4.79 Å². The summed E-state index contributed by atoms with van der Waals surface area (Å²) in [4.78, 5) is 23.8. The second-order valence-electron chi connectivity index (χ2n) is 4.63. The molecule has 2 aromatic heterocycles. The molecule has 3 rings (SSSR count). The highest BCUT2D eigenvalue weighted by molar-refractivity contribution is 6.08. The third kappa shape index (κ3) is 2.81. The van der Waals surface area contributed by atoms with Crippen molar-refractivity contribution in [2.45, 2.75) is 6.92 Å². The van der Waals surface area contributed by atoms with Crippen LogP contribution in [0.2, 0.25) is 0 Å². The van der Waals surface area contributed by atoms with E-state index in [1.54, 1.807) is 24.7 Å². The van der Waals surface area contributed by atoms with Crippen molar-refractivity contribution in [1.29, 1.82) is 0 Å². The van der Waals surface area contributed by atoms with Gasteiger partial charge in [-0.15, -0.1) is 0 Å². The number of carbonyl (C=O) groups is 1. The monoisotopic (exact) mass is 278 g/mol. The molecular weight excluding hydrogens is 264 g/mol. The molecule has 0 spiro atoms. The fourth-order valence-electron chi connectivity index (χ4n) is 2.04. The van der Waals surface area contributed by atoms with E-state index in [0.29, 0.717) is 17.1 Å². The van der Waals surface area contributed by atoms with Gasteiger partial charge in [-0.3, -0.25) is 9.78 Å². The Balaban J connectivity index is 1.90. The molecule has 0 fully saturated rings. The summed E-state index contributed by atoms with van der Waals surface area (Å²) in [5.74, 6) is 0.482. The number of aryl methyl sites for hydroxylation is 1. The lowest BCUT2D eigenvalue weighted by atomic mass is 10.1. The third-order valence-corrected chi connectivity index (χ3v) is 3.09. The molecular formula is C16H14N4O. The van der Waals surface area contributed by atoms with Crippen molar-refractivity contribution in [3.63, 3.8) is 0 Å². The predicted molar refractivity (Wildman–Crippen MR) is 81.0 cm³/mol.